The van der Waals surface area contributed by atoms with Crippen LogP contribution in [0.25, 0.3) is 0 Å². The van der Waals surface area contributed by atoms with E-state index in [1.165, 1.54) is 0 Å². The second-order valence-electron chi connectivity index (χ2n) is 5.04. The van der Waals surface area contributed by atoms with E-state index in [0.29, 0.717) is 25.9 Å². The number of aliphatic carboxylic acids is 1. The molecule has 0 aromatic heterocycles. The molecule has 0 aromatic rings. The summed E-state index contributed by atoms with van der Waals surface area (Å²) in [6.07, 6.45) is 2.50. The van der Waals surface area contributed by atoms with Crippen molar-refractivity contribution in [2.24, 2.45) is 11.8 Å². The SMILES string of the molecule is N#CC1CCN(C(=O)NC2CC(C(=O)O)C2)CC1. The van der Waals surface area contributed by atoms with Crippen LogP contribution in [0.4, 0.5) is 4.79 Å². The van der Waals surface area contributed by atoms with E-state index in [1.54, 1.807) is 4.90 Å². The summed E-state index contributed by atoms with van der Waals surface area (Å²) in [6, 6.07) is 2.09. The summed E-state index contributed by atoms with van der Waals surface area (Å²) >= 11 is 0. The average Bonchev–Trinajstić information content (AvgIpc) is 2.32. The highest BCUT2D eigenvalue weighted by Crippen LogP contribution is 2.27. The van der Waals surface area contributed by atoms with E-state index in [-0.39, 0.29) is 23.9 Å². The van der Waals surface area contributed by atoms with Crippen LogP contribution in [0.5, 0.6) is 0 Å². The number of carboxylic acid groups (broad SMARTS) is 1. The molecule has 2 amide bonds. The van der Waals surface area contributed by atoms with Crippen molar-refractivity contribution in [1.29, 1.82) is 5.26 Å². The van der Waals surface area contributed by atoms with E-state index < -0.39 is 5.97 Å². The second kappa shape index (κ2) is 5.25. The molecule has 1 heterocycles. The van der Waals surface area contributed by atoms with Gasteiger partial charge in [-0.2, -0.15) is 5.26 Å². The van der Waals surface area contributed by atoms with Gasteiger partial charge in [-0.15, -0.1) is 0 Å². The summed E-state index contributed by atoms with van der Waals surface area (Å²) in [5.41, 5.74) is 0. The molecule has 1 aliphatic carbocycles. The van der Waals surface area contributed by atoms with E-state index in [0.717, 1.165) is 12.8 Å². The van der Waals surface area contributed by atoms with Crippen molar-refractivity contribution in [3.63, 3.8) is 0 Å². The summed E-state index contributed by atoms with van der Waals surface area (Å²) in [6.45, 7) is 1.22. The molecule has 1 saturated heterocycles. The van der Waals surface area contributed by atoms with E-state index in [1.807, 2.05) is 0 Å². The lowest BCUT2D eigenvalue weighted by atomic mass is 9.80. The molecule has 18 heavy (non-hydrogen) atoms. The monoisotopic (exact) mass is 251 g/mol. The molecule has 0 unspecified atom stereocenters. The Morgan fingerprint density at radius 3 is 2.39 bits per heavy atom. The molecule has 1 aliphatic heterocycles. The highest BCUT2D eigenvalue weighted by Gasteiger charge is 2.36. The molecule has 2 aliphatic rings. The molecule has 2 rings (SSSR count). The maximum absolute atomic E-state index is 11.9. The minimum absolute atomic E-state index is 0.00714. The van der Waals surface area contributed by atoms with Crippen LogP contribution in [0.3, 0.4) is 0 Å². The van der Waals surface area contributed by atoms with Crippen molar-refractivity contribution in [2.45, 2.75) is 31.7 Å². The normalized spacial score (nSPS) is 28.1. The summed E-state index contributed by atoms with van der Waals surface area (Å²) in [5.74, 6) is -1.02. The highest BCUT2D eigenvalue weighted by molar-refractivity contribution is 5.76. The fraction of sp³-hybridized carbons (Fsp3) is 0.750. The number of hydrogen-bond donors (Lipinski definition) is 2. The first-order valence-electron chi connectivity index (χ1n) is 6.28. The second-order valence-corrected chi connectivity index (χ2v) is 5.04. The molecular weight excluding hydrogens is 234 g/mol. The number of amides is 2. The van der Waals surface area contributed by atoms with Gasteiger partial charge >= 0.3 is 12.0 Å². The zero-order valence-electron chi connectivity index (χ0n) is 10.1. The average molecular weight is 251 g/mol. The lowest BCUT2D eigenvalue weighted by Crippen LogP contribution is -2.52. The number of carbonyl (C=O) groups excluding carboxylic acids is 1. The van der Waals surface area contributed by atoms with Gasteiger partial charge in [0, 0.05) is 25.0 Å². The third kappa shape index (κ3) is 2.73. The van der Waals surface area contributed by atoms with Crippen LogP contribution in [0.2, 0.25) is 0 Å². The maximum atomic E-state index is 11.9. The molecule has 0 bridgehead atoms. The van der Waals surface area contributed by atoms with Crippen LogP contribution in [0.15, 0.2) is 0 Å². The molecular formula is C12H17N3O3. The third-order valence-corrected chi connectivity index (χ3v) is 3.78. The van der Waals surface area contributed by atoms with Crippen LogP contribution >= 0.6 is 0 Å². The summed E-state index contributed by atoms with van der Waals surface area (Å²) in [7, 11) is 0. The van der Waals surface area contributed by atoms with Gasteiger partial charge in [0.15, 0.2) is 0 Å². The van der Waals surface area contributed by atoms with Gasteiger partial charge in [0.25, 0.3) is 0 Å². The van der Waals surface area contributed by atoms with Crippen molar-refractivity contribution in [2.75, 3.05) is 13.1 Å². The van der Waals surface area contributed by atoms with E-state index in [9.17, 15) is 9.59 Å². The van der Waals surface area contributed by atoms with Gasteiger partial charge in [-0.1, -0.05) is 0 Å². The Bertz CT molecular complexity index is 377. The van der Waals surface area contributed by atoms with E-state index >= 15 is 0 Å². The minimum atomic E-state index is -0.782. The van der Waals surface area contributed by atoms with Crippen LogP contribution in [0.1, 0.15) is 25.7 Å². The van der Waals surface area contributed by atoms with E-state index in [4.69, 9.17) is 10.4 Å². The highest BCUT2D eigenvalue weighted by atomic mass is 16.4. The van der Waals surface area contributed by atoms with Gasteiger partial charge in [-0.05, 0) is 25.7 Å². The van der Waals surface area contributed by atoms with Crippen molar-refractivity contribution in [3.05, 3.63) is 0 Å². The van der Waals surface area contributed by atoms with Gasteiger partial charge in [-0.3, -0.25) is 4.79 Å². The quantitative estimate of drug-likeness (QED) is 0.759. The number of carboxylic acids is 1. The molecule has 6 nitrogen and oxygen atoms in total. The summed E-state index contributed by atoms with van der Waals surface area (Å²) in [4.78, 5) is 24.2. The number of urea groups is 1. The Hall–Kier alpha value is -1.77. The number of nitriles is 1. The third-order valence-electron chi connectivity index (χ3n) is 3.78. The molecule has 98 valence electrons. The molecule has 0 radical (unpaired) electrons. The Morgan fingerprint density at radius 2 is 1.89 bits per heavy atom. The van der Waals surface area contributed by atoms with Gasteiger partial charge in [0.05, 0.1) is 12.0 Å². The first-order chi connectivity index (χ1) is 8.60. The fourth-order valence-corrected chi connectivity index (χ4v) is 2.41. The van der Waals surface area contributed by atoms with Gasteiger partial charge in [0.1, 0.15) is 0 Å². The van der Waals surface area contributed by atoms with Crippen molar-refractivity contribution in [3.8, 4) is 6.07 Å². The van der Waals surface area contributed by atoms with Crippen LogP contribution < -0.4 is 5.32 Å². The molecule has 2 fully saturated rings. The topological polar surface area (TPSA) is 93.4 Å². The fourth-order valence-electron chi connectivity index (χ4n) is 2.41. The molecule has 0 atom stereocenters. The van der Waals surface area contributed by atoms with Gasteiger partial charge in [0.2, 0.25) is 0 Å². The standard InChI is InChI=1S/C12H17N3O3/c13-7-8-1-3-15(4-2-8)12(18)14-10-5-9(6-10)11(16)17/h8-10H,1-6H2,(H,14,18)(H,16,17). The first kappa shape index (κ1) is 12.7. The zero-order valence-corrected chi connectivity index (χ0v) is 10.1. The lowest BCUT2D eigenvalue weighted by Gasteiger charge is -2.36. The molecule has 0 spiro atoms. The van der Waals surface area contributed by atoms with E-state index in [2.05, 4.69) is 11.4 Å². The van der Waals surface area contributed by atoms with Crippen molar-refractivity contribution < 1.29 is 14.7 Å². The maximum Gasteiger partial charge on any atom is 0.317 e. The number of piperidine rings is 1. The molecule has 2 N–H and O–H groups in total. The number of nitrogens with zero attached hydrogens (tertiary/aromatic N) is 2. The van der Waals surface area contributed by atoms with Gasteiger partial charge in [-0.25, -0.2) is 4.79 Å². The first-order valence-corrected chi connectivity index (χ1v) is 6.28. The predicted molar refractivity (Wildman–Crippen MR) is 62.6 cm³/mol. The molecule has 6 heteroatoms. The predicted octanol–water partition coefficient (Wildman–Crippen LogP) is 0.795. The minimum Gasteiger partial charge on any atom is -0.481 e. The Kier molecular flexibility index (Phi) is 3.70. The van der Waals surface area contributed by atoms with Crippen LogP contribution in [-0.4, -0.2) is 41.1 Å². The summed E-state index contributed by atoms with van der Waals surface area (Å²) < 4.78 is 0. The number of likely N-dealkylation sites (tertiary alicyclic amines) is 1. The number of hydrogen-bond acceptors (Lipinski definition) is 3. The molecule has 0 aromatic carbocycles. The Labute approximate surface area is 106 Å². The number of rotatable bonds is 2. The Morgan fingerprint density at radius 1 is 1.28 bits per heavy atom. The smallest absolute Gasteiger partial charge is 0.317 e. The van der Waals surface area contributed by atoms with Crippen LogP contribution in [-0.2, 0) is 4.79 Å². The number of carbonyl (C=O) groups is 2. The Balaban J connectivity index is 1.71. The largest absolute Gasteiger partial charge is 0.481 e. The number of nitrogens with one attached hydrogen (secondary N) is 1. The van der Waals surface area contributed by atoms with Crippen molar-refractivity contribution >= 4 is 12.0 Å². The summed E-state index contributed by atoms with van der Waals surface area (Å²) in [5, 5.41) is 20.3. The lowest BCUT2D eigenvalue weighted by molar-refractivity contribution is -0.145. The van der Waals surface area contributed by atoms with Crippen LogP contribution in [0, 0.1) is 23.2 Å². The van der Waals surface area contributed by atoms with Crippen molar-refractivity contribution in [1.82, 2.24) is 10.2 Å². The van der Waals surface area contributed by atoms with Gasteiger partial charge < -0.3 is 15.3 Å². The molecule has 1 saturated carbocycles. The zero-order chi connectivity index (χ0) is 13.1.